The van der Waals surface area contributed by atoms with E-state index in [4.69, 9.17) is 16.3 Å². The summed E-state index contributed by atoms with van der Waals surface area (Å²) < 4.78 is 33.3. The smallest absolute Gasteiger partial charge is 0.245 e. The Morgan fingerprint density at radius 3 is 2.60 bits per heavy atom. The van der Waals surface area contributed by atoms with Crippen LogP contribution < -0.4 is 4.72 Å². The van der Waals surface area contributed by atoms with E-state index in [1.165, 1.54) is 22.3 Å². The molecule has 4 rings (SSSR count). The van der Waals surface area contributed by atoms with Crippen LogP contribution in [0.4, 0.5) is 0 Å². The van der Waals surface area contributed by atoms with Crippen molar-refractivity contribution in [3.05, 3.63) is 26.8 Å². The van der Waals surface area contributed by atoms with Crippen LogP contribution in [0.15, 0.2) is 17.5 Å². The van der Waals surface area contributed by atoms with E-state index in [1.807, 2.05) is 0 Å². The van der Waals surface area contributed by atoms with Crippen molar-refractivity contribution in [2.24, 2.45) is 0 Å². The van der Waals surface area contributed by atoms with Gasteiger partial charge < -0.3 is 19.4 Å². The molecule has 4 heterocycles. The van der Waals surface area contributed by atoms with Gasteiger partial charge in [0.2, 0.25) is 27.7 Å². The monoisotopic (exact) mass is 544 g/mol. The summed E-state index contributed by atoms with van der Waals surface area (Å²) in [5.74, 6) is -0.801. The van der Waals surface area contributed by atoms with Crippen LogP contribution in [0.1, 0.15) is 30.6 Å². The lowest BCUT2D eigenvalue weighted by atomic mass is 10.1. The first-order valence-electron chi connectivity index (χ1n) is 11.6. The van der Waals surface area contributed by atoms with E-state index in [-0.39, 0.29) is 18.4 Å². The van der Waals surface area contributed by atoms with Gasteiger partial charge in [-0.1, -0.05) is 11.6 Å². The highest BCUT2D eigenvalue weighted by atomic mass is 35.5. The summed E-state index contributed by atoms with van der Waals surface area (Å²) in [5, 5.41) is 1.01. The average molecular weight is 545 g/mol. The van der Waals surface area contributed by atoms with Crippen molar-refractivity contribution in [1.82, 2.24) is 19.4 Å². The molecule has 35 heavy (non-hydrogen) atoms. The zero-order valence-corrected chi connectivity index (χ0v) is 21.6. The number of hydrogen-bond acceptors (Lipinski definition) is 7. The van der Waals surface area contributed by atoms with Gasteiger partial charge in [0.15, 0.2) is 0 Å². The predicted octanol–water partition coefficient (Wildman–Crippen LogP) is 1.13. The van der Waals surface area contributed by atoms with Gasteiger partial charge in [0.1, 0.15) is 12.1 Å². The van der Waals surface area contributed by atoms with Crippen molar-refractivity contribution in [2.45, 2.75) is 37.8 Å². The van der Waals surface area contributed by atoms with Crippen LogP contribution in [0.5, 0.6) is 0 Å². The largest absolute Gasteiger partial charge is 0.378 e. The molecule has 0 aliphatic carbocycles. The van der Waals surface area contributed by atoms with Crippen LogP contribution in [0, 0.1) is 0 Å². The van der Waals surface area contributed by atoms with E-state index in [2.05, 4.69) is 4.72 Å². The number of piperidine rings is 1. The lowest BCUT2D eigenvalue weighted by Crippen LogP contribution is -2.56. The summed E-state index contributed by atoms with van der Waals surface area (Å²) in [5.41, 5.74) is 0. The Morgan fingerprint density at radius 1 is 1.14 bits per heavy atom. The highest BCUT2D eigenvalue weighted by Gasteiger charge is 2.39. The first kappa shape index (κ1) is 26.1. The molecule has 3 aliphatic rings. The van der Waals surface area contributed by atoms with E-state index in [0.29, 0.717) is 67.9 Å². The normalized spacial score (nSPS) is 23.9. The first-order valence-corrected chi connectivity index (χ1v) is 14.4. The third-order valence-electron chi connectivity index (χ3n) is 6.35. The molecular formula is C22H29ClN4O6S2. The Bertz CT molecular complexity index is 1090. The lowest BCUT2D eigenvalue weighted by Gasteiger charge is -2.35. The minimum Gasteiger partial charge on any atom is -0.378 e. The van der Waals surface area contributed by atoms with Gasteiger partial charge in [-0.05, 0) is 43.9 Å². The van der Waals surface area contributed by atoms with Crippen LogP contribution in [0.3, 0.4) is 0 Å². The average Bonchev–Trinajstić information content (AvgIpc) is 3.49. The molecule has 3 fully saturated rings. The van der Waals surface area contributed by atoms with Gasteiger partial charge >= 0.3 is 0 Å². The number of hydrogen-bond donors (Lipinski definition) is 1. The number of rotatable bonds is 7. The molecule has 13 heteroatoms. The van der Waals surface area contributed by atoms with Gasteiger partial charge in [0.25, 0.3) is 0 Å². The highest BCUT2D eigenvalue weighted by Crippen LogP contribution is 2.23. The summed E-state index contributed by atoms with van der Waals surface area (Å²) >= 11 is 7.11. The number of likely N-dealkylation sites (tertiary alicyclic amines) is 2. The van der Waals surface area contributed by atoms with E-state index in [1.54, 1.807) is 21.9 Å². The van der Waals surface area contributed by atoms with Crippen LogP contribution >= 0.6 is 22.9 Å². The zero-order chi connectivity index (χ0) is 25.0. The fraction of sp³-hybridized carbons (Fsp3) is 0.591. The number of nitrogens with one attached hydrogen (secondary N) is 1. The number of nitrogens with zero attached hydrogens (tertiary/aromatic N) is 3. The molecule has 0 aromatic carbocycles. The van der Waals surface area contributed by atoms with E-state index >= 15 is 0 Å². The zero-order valence-electron chi connectivity index (χ0n) is 19.2. The molecule has 3 saturated heterocycles. The van der Waals surface area contributed by atoms with Gasteiger partial charge in [0, 0.05) is 36.5 Å². The second-order valence-electron chi connectivity index (χ2n) is 8.74. The maximum atomic E-state index is 13.1. The van der Waals surface area contributed by atoms with Gasteiger partial charge in [-0.25, -0.2) is 8.42 Å². The first-order chi connectivity index (χ1) is 16.7. The lowest BCUT2D eigenvalue weighted by molar-refractivity contribution is -0.149. The minimum atomic E-state index is -3.87. The number of sulfonamides is 1. The second-order valence-corrected chi connectivity index (χ2v) is 12.1. The Kier molecular flexibility index (Phi) is 8.48. The predicted molar refractivity (Wildman–Crippen MR) is 132 cm³/mol. The van der Waals surface area contributed by atoms with E-state index < -0.39 is 28.0 Å². The molecule has 0 radical (unpaired) electrons. The molecule has 2 atom stereocenters. The third-order valence-corrected chi connectivity index (χ3v) is 8.65. The summed E-state index contributed by atoms with van der Waals surface area (Å²) in [6, 6.07) is 1.91. The summed E-state index contributed by atoms with van der Waals surface area (Å²) in [6.07, 6.45) is 3.66. The number of halogens is 1. The molecule has 1 aromatic rings. The Balaban J connectivity index is 1.35. The number of thiophene rings is 1. The molecule has 0 bridgehead atoms. The number of morpholine rings is 1. The van der Waals surface area contributed by atoms with Crippen molar-refractivity contribution in [3.8, 4) is 0 Å². The van der Waals surface area contributed by atoms with Crippen LogP contribution in [0.25, 0.3) is 6.08 Å². The van der Waals surface area contributed by atoms with Crippen molar-refractivity contribution in [2.75, 3.05) is 45.9 Å². The van der Waals surface area contributed by atoms with Gasteiger partial charge in [0.05, 0.1) is 24.1 Å². The SMILES string of the molecule is O=C1[C@@H](NS(=O)(=O)C=Cc2ccc(Cl)s2)CCCN1CC(=O)N1CCC[C@H]1C(=O)N1CCOCC1. The number of ether oxygens (including phenoxy) is 1. The number of carbonyl (C=O) groups is 3. The Morgan fingerprint density at radius 2 is 1.89 bits per heavy atom. The summed E-state index contributed by atoms with van der Waals surface area (Å²) in [6.45, 7) is 2.66. The van der Waals surface area contributed by atoms with Crippen LogP contribution in [-0.2, 0) is 29.1 Å². The molecule has 1 N–H and O–H groups in total. The fourth-order valence-corrected chi connectivity index (χ4v) is 6.66. The quantitative estimate of drug-likeness (QED) is 0.550. The van der Waals surface area contributed by atoms with Crippen molar-refractivity contribution in [1.29, 1.82) is 0 Å². The Hall–Kier alpha value is -1.99. The van der Waals surface area contributed by atoms with Crippen LogP contribution in [0.2, 0.25) is 4.34 Å². The molecule has 0 saturated carbocycles. The third kappa shape index (κ3) is 6.62. The summed E-state index contributed by atoms with van der Waals surface area (Å²) in [7, 11) is -3.87. The number of amides is 3. The summed E-state index contributed by atoms with van der Waals surface area (Å²) in [4.78, 5) is 44.4. The van der Waals surface area contributed by atoms with Crippen molar-refractivity contribution < 1.29 is 27.5 Å². The topological polar surface area (TPSA) is 116 Å². The van der Waals surface area contributed by atoms with Crippen LogP contribution in [-0.4, -0.2) is 98.9 Å². The fourth-order valence-electron chi connectivity index (χ4n) is 4.59. The standard InChI is InChI=1S/C22H29ClN4O6S2/c23-19-6-5-16(34-19)7-14-35(31,32)24-17-3-1-8-26(21(17)29)15-20(28)27-9-2-4-18(27)22(30)25-10-12-33-13-11-25/h5-7,14,17-18,24H,1-4,8-13,15H2/t17-,18-/m0/s1. The molecule has 10 nitrogen and oxygen atoms in total. The highest BCUT2D eigenvalue weighted by molar-refractivity contribution is 7.92. The second kappa shape index (κ2) is 11.4. The molecule has 3 amide bonds. The molecule has 3 aliphatic heterocycles. The molecule has 192 valence electrons. The van der Waals surface area contributed by atoms with Gasteiger partial charge in [-0.15, -0.1) is 11.3 Å². The van der Waals surface area contributed by atoms with Gasteiger partial charge in [-0.2, -0.15) is 4.72 Å². The molecule has 0 spiro atoms. The maximum absolute atomic E-state index is 13.1. The Labute approximate surface area is 213 Å². The molecular weight excluding hydrogens is 516 g/mol. The maximum Gasteiger partial charge on any atom is 0.245 e. The minimum absolute atomic E-state index is 0.0754. The van der Waals surface area contributed by atoms with Crippen molar-refractivity contribution in [3.63, 3.8) is 0 Å². The van der Waals surface area contributed by atoms with Gasteiger partial charge in [-0.3, -0.25) is 14.4 Å². The van der Waals surface area contributed by atoms with E-state index in [0.717, 1.165) is 11.8 Å². The van der Waals surface area contributed by atoms with E-state index in [9.17, 15) is 22.8 Å². The molecule has 0 unspecified atom stereocenters. The number of carbonyl (C=O) groups excluding carboxylic acids is 3. The molecule has 1 aromatic heterocycles. The van der Waals surface area contributed by atoms with Crippen molar-refractivity contribution >= 4 is 56.8 Å².